The number of anilines is 1. The minimum absolute atomic E-state index is 0.00848. The van der Waals surface area contributed by atoms with Crippen molar-refractivity contribution in [1.29, 1.82) is 0 Å². The first-order chi connectivity index (χ1) is 17.7. The summed E-state index contributed by atoms with van der Waals surface area (Å²) in [4.78, 5) is 35.3. The molecule has 1 aliphatic heterocycles. The molecule has 0 spiro atoms. The Labute approximate surface area is 220 Å². The third kappa shape index (κ3) is 6.05. The molecule has 5 atom stereocenters. The number of imidazole rings is 1. The Bertz CT molecular complexity index is 1290. The molecule has 3 heterocycles. The van der Waals surface area contributed by atoms with Crippen LogP contribution in [-0.2, 0) is 18.8 Å². The Balaban J connectivity index is 1.50. The van der Waals surface area contributed by atoms with Gasteiger partial charge in [0, 0.05) is 17.5 Å². The van der Waals surface area contributed by atoms with Crippen molar-refractivity contribution in [3.05, 3.63) is 46.0 Å². The van der Waals surface area contributed by atoms with Crippen LogP contribution >= 0.6 is 20.1 Å². The predicted molar refractivity (Wildman–Crippen MR) is 139 cm³/mol. The largest absolute Gasteiger partial charge is 0.468 e. The first-order valence-corrected chi connectivity index (χ1v) is 13.3. The number of fused-ring (bicyclic) bond motifs is 1. The van der Waals surface area contributed by atoms with E-state index in [-0.39, 0.29) is 30.1 Å². The van der Waals surface area contributed by atoms with Gasteiger partial charge in [-0.2, -0.15) is 4.98 Å². The second-order valence-corrected chi connectivity index (χ2v) is 10.5. The molecule has 0 radical (unpaired) electrons. The summed E-state index contributed by atoms with van der Waals surface area (Å²) in [5.74, 6) is 0.253. The topological polar surface area (TPSA) is 147 Å². The van der Waals surface area contributed by atoms with Gasteiger partial charge in [-0.25, -0.2) is 9.65 Å². The molecule has 200 valence electrons. The lowest BCUT2D eigenvalue weighted by atomic mass is 10.1. The first kappa shape index (κ1) is 27.3. The summed E-state index contributed by atoms with van der Waals surface area (Å²) in [5.41, 5.74) is 5.88. The molecule has 14 heteroatoms. The second kappa shape index (κ2) is 11.7. The van der Waals surface area contributed by atoms with Crippen LogP contribution in [0.5, 0.6) is 5.75 Å². The Morgan fingerprint density at radius 2 is 2.14 bits per heavy atom. The maximum absolute atomic E-state index is 12.3. The summed E-state index contributed by atoms with van der Waals surface area (Å²) >= 11 is 6.01. The molecule has 0 saturated carbocycles. The van der Waals surface area contributed by atoms with Gasteiger partial charge in [0.2, 0.25) is 5.95 Å². The zero-order valence-electron chi connectivity index (χ0n) is 21.0. The molecule has 4 rings (SSSR count). The highest BCUT2D eigenvalue weighted by atomic mass is 35.5. The number of halogens is 1. The van der Waals surface area contributed by atoms with Crippen molar-refractivity contribution in [1.82, 2.24) is 24.2 Å². The fourth-order valence-corrected chi connectivity index (χ4v) is 5.84. The van der Waals surface area contributed by atoms with E-state index in [0.29, 0.717) is 29.4 Å². The summed E-state index contributed by atoms with van der Waals surface area (Å²) in [6, 6.07) is 6.34. The minimum atomic E-state index is -1.70. The van der Waals surface area contributed by atoms with Gasteiger partial charge >= 0.3 is 14.5 Å². The number of carbonyl (C=O) groups excluding carboxylic acids is 1. The molecular weight excluding hydrogens is 523 g/mol. The minimum Gasteiger partial charge on any atom is -0.468 e. The number of likely N-dealkylation sites (N-methyl/N-ethyl adjacent to an activating group) is 1. The van der Waals surface area contributed by atoms with Crippen molar-refractivity contribution in [2.45, 2.75) is 45.6 Å². The van der Waals surface area contributed by atoms with E-state index in [1.807, 2.05) is 18.5 Å². The highest BCUT2D eigenvalue weighted by molar-refractivity contribution is 7.45. The maximum atomic E-state index is 12.3. The number of nitrogens with one attached hydrogen (secondary N) is 1. The lowest BCUT2D eigenvalue weighted by Gasteiger charge is -2.32. The molecule has 0 aliphatic carbocycles. The lowest BCUT2D eigenvalue weighted by molar-refractivity contribution is -0.144. The van der Waals surface area contributed by atoms with Gasteiger partial charge in [0.15, 0.2) is 11.2 Å². The molecule has 37 heavy (non-hydrogen) atoms. The molecule has 1 fully saturated rings. The molecule has 1 saturated heterocycles. The van der Waals surface area contributed by atoms with Gasteiger partial charge < -0.3 is 24.3 Å². The Morgan fingerprint density at radius 3 is 2.81 bits per heavy atom. The normalized spacial score (nSPS) is 21.3. The SMILES string of the molecule is CCN(C(C)C(=O)OC)P(OCC1CC(C)C(n2cnc3c(=O)[nH]c(N)nc32)O1)Oc1ccc(Cl)cc1. The van der Waals surface area contributed by atoms with Gasteiger partial charge in [0.25, 0.3) is 5.56 Å². The quantitative estimate of drug-likeness (QED) is 0.283. The van der Waals surface area contributed by atoms with Crippen LogP contribution in [0.25, 0.3) is 11.2 Å². The Morgan fingerprint density at radius 1 is 1.41 bits per heavy atom. The number of hydrogen-bond acceptors (Lipinski definition) is 10. The molecular formula is C23H30ClN6O6P. The van der Waals surface area contributed by atoms with Gasteiger partial charge in [0.05, 0.1) is 26.1 Å². The molecule has 3 aromatic rings. The fourth-order valence-electron chi connectivity index (χ4n) is 4.20. The number of methoxy groups -OCH3 is 1. The van der Waals surface area contributed by atoms with Crippen LogP contribution in [0.4, 0.5) is 5.95 Å². The number of aromatic amines is 1. The average Bonchev–Trinajstić information content (AvgIpc) is 3.46. The number of carbonyl (C=O) groups is 1. The van der Waals surface area contributed by atoms with Gasteiger partial charge in [-0.3, -0.25) is 19.1 Å². The third-order valence-corrected chi connectivity index (χ3v) is 8.11. The number of aromatic nitrogens is 4. The van der Waals surface area contributed by atoms with Crippen molar-refractivity contribution in [3.8, 4) is 5.75 Å². The Kier molecular flexibility index (Phi) is 8.66. The van der Waals surface area contributed by atoms with Crippen molar-refractivity contribution in [2.24, 2.45) is 5.92 Å². The van der Waals surface area contributed by atoms with Crippen molar-refractivity contribution >= 4 is 43.2 Å². The first-order valence-electron chi connectivity index (χ1n) is 11.8. The summed E-state index contributed by atoms with van der Waals surface area (Å²) in [7, 11) is -0.351. The van der Waals surface area contributed by atoms with E-state index in [4.69, 9.17) is 35.9 Å². The maximum Gasteiger partial charge on any atom is 0.323 e. The molecule has 5 unspecified atom stereocenters. The van der Waals surface area contributed by atoms with Crippen LogP contribution in [0.1, 0.15) is 33.4 Å². The van der Waals surface area contributed by atoms with Crippen molar-refractivity contribution in [3.63, 3.8) is 0 Å². The Hall–Kier alpha value is -2.76. The average molecular weight is 553 g/mol. The zero-order chi connectivity index (χ0) is 26.7. The second-order valence-electron chi connectivity index (χ2n) is 8.67. The van der Waals surface area contributed by atoms with Gasteiger partial charge in [-0.05, 0) is 37.6 Å². The van der Waals surface area contributed by atoms with E-state index in [2.05, 4.69) is 15.0 Å². The van der Waals surface area contributed by atoms with Crippen LogP contribution in [0.2, 0.25) is 5.02 Å². The molecule has 0 amide bonds. The van der Waals surface area contributed by atoms with Crippen LogP contribution < -0.4 is 15.8 Å². The van der Waals surface area contributed by atoms with Gasteiger partial charge in [-0.15, -0.1) is 0 Å². The third-order valence-electron chi connectivity index (χ3n) is 6.07. The summed E-state index contributed by atoms with van der Waals surface area (Å²) in [6.07, 6.45) is 1.53. The lowest BCUT2D eigenvalue weighted by Crippen LogP contribution is -2.37. The number of ether oxygens (including phenoxy) is 2. The summed E-state index contributed by atoms with van der Waals surface area (Å²) < 4.78 is 27.2. The van der Waals surface area contributed by atoms with Crippen LogP contribution in [0.3, 0.4) is 0 Å². The number of nitrogens with two attached hydrogens (primary N) is 1. The molecule has 3 N–H and O–H groups in total. The number of hydrogen-bond donors (Lipinski definition) is 2. The number of H-pyrrole nitrogens is 1. The van der Waals surface area contributed by atoms with Gasteiger partial charge in [-0.1, -0.05) is 25.4 Å². The number of nitrogens with zero attached hydrogens (tertiary/aromatic N) is 4. The monoisotopic (exact) mass is 552 g/mol. The van der Waals surface area contributed by atoms with E-state index < -0.39 is 32.3 Å². The smallest absolute Gasteiger partial charge is 0.323 e. The fraction of sp³-hybridized carbons (Fsp3) is 0.478. The van der Waals surface area contributed by atoms with Crippen molar-refractivity contribution < 1.29 is 23.3 Å². The predicted octanol–water partition coefficient (Wildman–Crippen LogP) is 3.48. The van der Waals surface area contributed by atoms with E-state index in [0.717, 1.165) is 0 Å². The highest BCUT2D eigenvalue weighted by Crippen LogP contribution is 2.46. The van der Waals surface area contributed by atoms with Gasteiger partial charge in [0.1, 0.15) is 18.0 Å². The van der Waals surface area contributed by atoms with E-state index in [1.54, 1.807) is 35.8 Å². The molecule has 0 bridgehead atoms. The van der Waals surface area contributed by atoms with E-state index in [9.17, 15) is 9.59 Å². The number of rotatable bonds is 10. The van der Waals surface area contributed by atoms with Crippen LogP contribution in [-0.4, -0.2) is 62.6 Å². The van der Waals surface area contributed by atoms with E-state index in [1.165, 1.54) is 13.4 Å². The standard InChI is InChI=1S/C23H30ClN6O6P/c1-5-30(14(3)22(32)33-4)37(36-16-8-6-15(24)7-9-16)34-11-17-10-13(2)21(35-17)29-12-26-18-19(29)27-23(25)28-20(18)31/h6-9,12-14,17,21H,5,10-11H2,1-4H3,(H3,25,27,28,31). The van der Waals surface area contributed by atoms with Crippen LogP contribution in [0.15, 0.2) is 35.4 Å². The number of nitrogen functional groups attached to an aromatic ring is 1. The van der Waals surface area contributed by atoms with E-state index >= 15 is 0 Å². The number of esters is 1. The number of benzene rings is 1. The molecule has 1 aromatic carbocycles. The molecule has 1 aliphatic rings. The summed E-state index contributed by atoms with van der Waals surface area (Å²) in [6.45, 7) is 6.40. The molecule has 2 aromatic heterocycles. The van der Waals surface area contributed by atoms with Crippen molar-refractivity contribution in [2.75, 3.05) is 26.0 Å². The summed E-state index contributed by atoms with van der Waals surface area (Å²) in [5, 5.41) is 0.581. The molecule has 12 nitrogen and oxygen atoms in total. The highest BCUT2D eigenvalue weighted by Gasteiger charge is 2.37. The zero-order valence-corrected chi connectivity index (χ0v) is 22.6. The van der Waals surface area contributed by atoms with Crippen LogP contribution in [0, 0.1) is 5.92 Å².